The number of carbonyl (C=O) groups is 1. The fraction of sp³-hybridized carbons (Fsp3) is 0.150. The Balaban J connectivity index is 1.61. The Hall–Kier alpha value is -3.06. The van der Waals surface area contributed by atoms with Gasteiger partial charge in [-0.2, -0.15) is 10.2 Å². The zero-order chi connectivity index (χ0) is 19.1. The van der Waals surface area contributed by atoms with Gasteiger partial charge in [-0.3, -0.25) is 9.89 Å². The number of amides is 1. The number of ether oxygens (including phenoxy) is 1. The van der Waals surface area contributed by atoms with Gasteiger partial charge in [-0.1, -0.05) is 12.1 Å². The molecule has 1 amide bonds. The number of carbonyl (C=O) groups excluding carboxylic acids is 1. The molecule has 0 saturated carbocycles. The Morgan fingerprint density at radius 1 is 1.22 bits per heavy atom. The van der Waals surface area contributed by atoms with Crippen LogP contribution in [0.25, 0.3) is 11.3 Å². The van der Waals surface area contributed by atoms with Crippen LogP contribution >= 0.6 is 11.8 Å². The molecule has 0 atom stereocenters. The van der Waals surface area contributed by atoms with Gasteiger partial charge in [0, 0.05) is 10.5 Å². The van der Waals surface area contributed by atoms with Crippen LogP contribution in [0.3, 0.4) is 0 Å². The highest BCUT2D eigenvalue weighted by Gasteiger charge is 2.10. The molecule has 1 heterocycles. The van der Waals surface area contributed by atoms with Crippen molar-refractivity contribution < 1.29 is 9.53 Å². The molecule has 0 aliphatic carbocycles. The van der Waals surface area contributed by atoms with Crippen LogP contribution < -0.4 is 10.2 Å². The second-order valence-electron chi connectivity index (χ2n) is 5.60. The lowest BCUT2D eigenvalue weighted by molar-refractivity contribution is 0.0950. The van der Waals surface area contributed by atoms with Crippen LogP contribution in [0.1, 0.15) is 23.0 Å². The molecule has 0 fully saturated rings. The predicted octanol–water partition coefficient (Wildman–Crippen LogP) is 3.96. The Morgan fingerprint density at radius 3 is 2.63 bits per heavy atom. The quantitative estimate of drug-likeness (QED) is 0.369. The minimum absolute atomic E-state index is 0.341. The summed E-state index contributed by atoms with van der Waals surface area (Å²) < 4.78 is 5.42. The summed E-state index contributed by atoms with van der Waals surface area (Å²) in [6, 6.07) is 17.1. The van der Waals surface area contributed by atoms with Crippen LogP contribution in [-0.2, 0) is 0 Å². The van der Waals surface area contributed by atoms with E-state index in [1.807, 2.05) is 61.7 Å². The summed E-state index contributed by atoms with van der Waals surface area (Å²) in [7, 11) is 0. The predicted molar refractivity (Wildman–Crippen MR) is 108 cm³/mol. The molecule has 0 bridgehead atoms. The average molecular weight is 380 g/mol. The number of hydrogen-bond acceptors (Lipinski definition) is 5. The lowest BCUT2D eigenvalue weighted by atomic mass is 10.1. The van der Waals surface area contributed by atoms with Crippen molar-refractivity contribution in [2.75, 3.05) is 12.9 Å². The first kappa shape index (κ1) is 18.7. The molecule has 27 heavy (non-hydrogen) atoms. The number of benzene rings is 2. The van der Waals surface area contributed by atoms with Crippen molar-refractivity contribution in [2.45, 2.75) is 11.8 Å². The van der Waals surface area contributed by atoms with E-state index in [1.165, 1.54) is 4.90 Å². The monoisotopic (exact) mass is 380 g/mol. The number of hydrazone groups is 1. The van der Waals surface area contributed by atoms with Gasteiger partial charge in [-0.05, 0) is 61.2 Å². The molecule has 0 unspecified atom stereocenters. The number of nitrogens with one attached hydrogen (secondary N) is 2. The van der Waals surface area contributed by atoms with Crippen molar-refractivity contribution in [3.8, 4) is 17.0 Å². The standard InChI is InChI=1S/C20H20N4O2S/c1-3-26-16-8-6-15(7-9-16)18-12-19(23-22-18)20(25)24-21-13-14-4-10-17(27-2)11-5-14/h4-13H,3H2,1-2H3,(H,22,23)(H,24,25). The molecule has 6 nitrogen and oxygen atoms in total. The number of thioether (sulfide) groups is 1. The molecule has 0 aliphatic rings. The van der Waals surface area contributed by atoms with Crippen molar-refractivity contribution in [3.63, 3.8) is 0 Å². The van der Waals surface area contributed by atoms with E-state index in [1.54, 1.807) is 24.0 Å². The maximum Gasteiger partial charge on any atom is 0.289 e. The van der Waals surface area contributed by atoms with Crippen molar-refractivity contribution >= 4 is 23.9 Å². The SMILES string of the molecule is CCOc1ccc(-c2cc(C(=O)NN=Cc3ccc(SC)cc3)[nH]n2)cc1. The zero-order valence-corrected chi connectivity index (χ0v) is 15.9. The number of aromatic amines is 1. The Morgan fingerprint density at radius 2 is 1.96 bits per heavy atom. The van der Waals surface area contributed by atoms with Crippen molar-refractivity contribution in [3.05, 3.63) is 65.9 Å². The smallest absolute Gasteiger partial charge is 0.289 e. The Kier molecular flexibility index (Phi) is 6.27. The van der Waals surface area contributed by atoms with Gasteiger partial charge in [-0.25, -0.2) is 5.43 Å². The van der Waals surface area contributed by atoms with Gasteiger partial charge in [0.15, 0.2) is 0 Å². The van der Waals surface area contributed by atoms with Crippen LogP contribution in [0, 0.1) is 0 Å². The average Bonchev–Trinajstić information content (AvgIpc) is 3.20. The molecular formula is C20H20N4O2S. The molecular weight excluding hydrogens is 360 g/mol. The molecule has 0 radical (unpaired) electrons. The second kappa shape index (κ2) is 9.05. The molecule has 0 saturated heterocycles. The summed E-state index contributed by atoms with van der Waals surface area (Å²) in [5, 5.41) is 10.9. The topological polar surface area (TPSA) is 79.4 Å². The third-order valence-corrected chi connectivity index (χ3v) is 4.52. The summed E-state index contributed by atoms with van der Waals surface area (Å²) in [5.74, 6) is 0.450. The van der Waals surface area contributed by atoms with Gasteiger partial charge >= 0.3 is 0 Å². The van der Waals surface area contributed by atoms with E-state index in [2.05, 4.69) is 20.7 Å². The largest absolute Gasteiger partial charge is 0.494 e. The van der Waals surface area contributed by atoms with E-state index in [0.29, 0.717) is 18.0 Å². The highest BCUT2D eigenvalue weighted by Crippen LogP contribution is 2.21. The molecule has 3 aromatic rings. The number of aromatic nitrogens is 2. The summed E-state index contributed by atoms with van der Waals surface area (Å²) >= 11 is 1.67. The molecule has 138 valence electrons. The van der Waals surface area contributed by atoms with Crippen LogP contribution in [0.4, 0.5) is 0 Å². The normalized spacial score (nSPS) is 10.9. The third-order valence-electron chi connectivity index (χ3n) is 3.78. The Bertz CT molecular complexity index is 918. The first-order valence-electron chi connectivity index (χ1n) is 8.45. The first-order chi connectivity index (χ1) is 13.2. The second-order valence-corrected chi connectivity index (χ2v) is 6.48. The van der Waals surface area contributed by atoms with E-state index in [0.717, 1.165) is 16.9 Å². The maximum atomic E-state index is 12.2. The van der Waals surface area contributed by atoms with Gasteiger partial charge in [0.2, 0.25) is 0 Å². The fourth-order valence-electron chi connectivity index (χ4n) is 2.39. The van der Waals surface area contributed by atoms with E-state index in [9.17, 15) is 4.79 Å². The van der Waals surface area contributed by atoms with Gasteiger partial charge in [0.05, 0.1) is 18.5 Å². The first-order valence-corrected chi connectivity index (χ1v) is 9.68. The van der Waals surface area contributed by atoms with Crippen LogP contribution in [0.2, 0.25) is 0 Å². The number of rotatable bonds is 7. The van der Waals surface area contributed by atoms with E-state index in [4.69, 9.17) is 4.74 Å². The number of H-pyrrole nitrogens is 1. The summed E-state index contributed by atoms with van der Waals surface area (Å²) in [6.45, 7) is 2.56. The highest BCUT2D eigenvalue weighted by molar-refractivity contribution is 7.98. The highest BCUT2D eigenvalue weighted by atomic mass is 32.2. The maximum absolute atomic E-state index is 12.2. The Labute approximate surface area is 162 Å². The summed E-state index contributed by atoms with van der Waals surface area (Å²) in [6.07, 6.45) is 3.63. The van der Waals surface area contributed by atoms with Gasteiger partial charge < -0.3 is 4.74 Å². The van der Waals surface area contributed by atoms with Gasteiger partial charge in [0.25, 0.3) is 5.91 Å². The van der Waals surface area contributed by atoms with Crippen LogP contribution in [-0.4, -0.2) is 35.2 Å². The van der Waals surface area contributed by atoms with Gasteiger partial charge in [0.1, 0.15) is 11.4 Å². The summed E-state index contributed by atoms with van der Waals surface area (Å²) in [4.78, 5) is 13.4. The fourth-order valence-corrected chi connectivity index (χ4v) is 2.80. The van der Waals surface area contributed by atoms with E-state index < -0.39 is 0 Å². The van der Waals surface area contributed by atoms with Crippen LogP contribution in [0.5, 0.6) is 5.75 Å². The van der Waals surface area contributed by atoms with E-state index in [-0.39, 0.29) is 5.91 Å². The van der Waals surface area contributed by atoms with Crippen molar-refractivity contribution in [1.82, 2.24) is 15.6 Å². The van der Waals surface area contributed by atoms with Crippen molar-refractivity contribution in [1.29, 1.82) is 0 Å². The lowest BCUT2D eigenvalue weighted by Gasteiger charge is -2.02. The van der Waals surface area contributed by atoms with Crippen molar-refractivity contribution in [2.24, 2.45) is 5.10 Å². The molecule has 1 aromatic heterocycles. The van der Waals surface area contributed by atoms with Gasteiger partial charge in [-0.15, -0.1) is 11.8 Å². The number of hydrogen-bond donors (Lipinski definition) is 2. The minimum atomic E-state index is -0.350. The third kappa shape index (κ3) is 4.98. The zero-order valence-electron chi connectivity index (χ0n) is 15.1. The molecule has 0 aliphatic heterocycles. The lowest BCUT2D eigenvalue weighted by Crippen LogP contribution is -2.17. The van der Waals surface area contributed by atoms with Crippen LogP contribution in [0.15, 0.2) is 64.6 Å². The summed E-state index contributed by atoms with van der Waals surface area (Å²) in [5.41, 5.74) is 5.33. The number of nitrogens with zero attached hydrogens (tertiary/aromatic N) is 2. The molecule has 2 N–H and O–H groups in total. The minimum Gasteiger partial charge on any atom is -0.494 e. The molecule has 0 spiro atoms. The molecule has 7 heteroatoms. The molecule has 2 aromatic carbocycles. The van der Waals surface area contributed by atoms with E-state index >= 15 is 0 Å². The molecule has 3 rings (SSSR count).